The van der Waals surface area contributed by atoms with Gasteiger partial charge in [-0.3, -0.25) is 9.48 Å². The molecule has 0 unspecified atom stereocenters. The van der Waals surface area contributed by atoms with Gasteiger partial charge in [-0.15, -0.1) is 10.2 Å². The van der Waals surface area contributed by atoms with E-state index in [0.717, 1.165) is 38.4 Å². The maximum atomic E-state index is 12.5. The lowest BCUT2D eigenvalue weighted by molar-refractivity contribution is -0.134. The van der Waals surface area contributed by atoms with Crippen LogP contribution in [0.4, 0.5) is 0 Å². The molecule has 3 heterocycles. The molecule has 2 aromatic heterocycles. The first kappa shape index (κ1) is 17.1. The summed E-state index contributed by atoms with van der Waals surface area (Å²) < 4.78 is 1.98. The summed E-state index contributed by atoms with van der Waals surface area (Å²) in [5.41, 5.74) is 0.219. The molecule has 1 saturated heterocycles. The molecule has 9 nitrogen and oxygen atoms in total. The van der Waals surface area contributed by atoms with Gasteiger partial charge in [0.2, 0.25) is 5.91 Å². The number of likely N-dealkylation sites (tertiary alicyclic amines) is 1. The Morgan fingerprint density at radius 3 is 2.69 bits per heavy atom. The molecule has 1 amide bonds. The van der Waals surface area contributed by atoms with Crippen molar-refractivity contribution in [3.05, 3.63) is 18.5 Å². The van der Waals surface area contributed by atoms with Gasteiger partial charge in [-0.1, -0.05) is 24.5 Å². The fourth-order valence-electron chi connectivity index (χ4n) is 4.75. The van der Waals surface area contributed by atoms with Crippen molar-refractivity contribution in [1.82, 2.24) is 40.3 Å². The minimum atomic E-state index is 0.0874. The monoisotopic (exact) mass is 358 g/mol. The van der Waals surface area contributed by atoms with Crippen molar-refractivity contribution in [3.63, 3.8) is 0 Å². The summed E-state index contributed by atoms with van der Waals surface area (Å²) >= 11 is 0. The average Bonchev–Trinajstić information content (AvgIpc) is 3.37. The van der Waals surface area contributed by atoms with Crippen LogP contribution in [0.1, 0.15) is 50.8 Å². The third-order valence-electron chi connectivity index (χ3n) is 6.23. The molecular weight excluding hydrogens is 332 g/mol. The van der Waals surface area contributed by atoms with Crippen LogP contribution in [0.5, 0.6) is 0 Å². The van der Waals surface area contributed by atoms with Crippen molar-refractivity contribution < 1.29 is 4.79 Å². The fourth-order valence-corrected chi connectivity index (χ4v) is 4.75. The Labute approximate surface area is 152 Å². The standard InChI is InChI=1S/C17H26N8O/c26-16(10-15-20-22-23-21-15)24-8-6-17(7-9-24,11-25-13-18-12-19-25)14-4-2-1-3-5-14/h12-14H,1-11H2,(H,20,21,22,23). The first-order valence-corrected chi connectivity index (χ1v) is 9.58. The van der Waals surface area contributed by atoms with Crippen LogP contribution in [0.2, 0.25) is 0 Å². The normalized spacial score (nSPS) is 21.0. The molecule has 2 fully saturated rings. The summed E-state index contributed by atoms with van der Waals surface area (Å²) in [6, 6.07) is 0. The van der Waals surface area contributed by atoms with Gasteiger partial charge in [0.15, 0.2) is 5.82 Å². The molecule has 1 aliphatic carbocycles. The predicted molar refractivity (Wildman–Crippen MR) is 92.7 cm³/mol. The van der Waals surface area contributed by atoms with E-state index in [1.54, 1.807) is 6.33 Å². The summed E-state index contributed by atoms with van der Waals surface area (Å²) in [7, 11) is 0. The highest BCUT2D eigenvalue weighted by Crippen LogP contribution is 2.46. The molecule has 0 aromatic carbocycles. The Morgan fingerprint density at radius 2 is 2.04 bits per heavy atom. The second-order valence-corrected chi connectivity index (χ2v) is 7.68. The first-order valence-electron chi connectivity index (χ1n) is 9.58. The van der Waals surface area contributed by atoms with Crippen LogP contribution in [0, 0.1) is 11.3 Å². The number of amides is 1. The zero-order chi connectivity index (χ0) is 17.8. The largest absolute Gasteiger partial charge is 0.342 e. The minimum absolute atomic E-state index is 0.0874. The van der Waals surface area contributed by atoms with Gasteiger partial charge in [-0.05, 0) is 37.0 Å². The molecule has 4 rings (SSSR count). The SMILES string of the molecule is O=C(Cc1nn[nH]n1)N1CCC(Cn2cncn2)(C2CCCCC2)CC1. The van der Waals surface area contributed by atoms with E-state index in [0.29, 0.717) is 5.82 Å². The van der Waals surface area contributed by atoms with E-state index >= 15 is 0 Å². The van der Waals surface area contributed by atoms with Crippen molar-refractivity contribution in [1.29, 1.82) is 0 Å². The highest BCUT2D eigenvalue weighted by molar-refractivity contribution is 5.78. The number of aromatic amines is 1. The number of H-pyrrole nitrogens is 1. The van der Waals surface area contributed by atoms with E-state index < -0.39 is 0 Å². The number of aromatic nitrogens is 7. The van der Waals surface area contributed by atoms with Crippen molar-refractivity contribution >= 4 is 5.91 Å². The molecule has 0 atom stereocenters. The summed E-state index contributed by atoms with van der Waals surface area (Å²) in [6.45, 7) is 2.49. The quantitative estimate of drug-likeness (QED) is 0.861. The Hall–Kier alpha value is -2.32. The molecule has 1 aliphatic heterocycles. The number of hydrogen-bond donors (Lipinski definition) is 1. The molecule has 0 bridgehead atoms. The molecule has 140 valence electrons. The van der Waals surface area contributed by atoms with E-state index in [9.17, 15) is 4.79 Å². The molecular formula is C17H26N8O. The van der Waals surface area contributed by atoms with Crippen molar-refractivity contribution in [2.75, 3.05) is 13.1 Å². The number of nitrogens with one attached hydrogen (secondary N) is 1. The molecule has 0 radical (unpaired) electrons. The van der Waals surface area contributed by atoms with Gasteiger partial charge in [0.05, 0.1) is 6.42 Å². The molecule has 2 aliphatic rings. The zero-order valence-electron chi connectivity index (χ0n) is 15.0. The first-order chi connectivity index (χ1) is 12.8. The molecule has 26 heavy (non-hydrogen) atoms. The van der Waals surface area contributed by atoms with Crippen molar-refractivity contribution in [2.45, 2.75) is 57.9 Å². The highest BCUT2D eigenvalue weighted by Gasteiger charge is 2.43. The van der Waals surface area contributed by atoms with Crippen LogP contribution in [0.3, 0.4) is 0 Å². The maximum absolute atomic E-state index is 12.5. The van der Waals surface area contributed by atoms with Gasteiger partial charge in [0.1, 0.15) is 12.7 Å². The third kappa shape index (κ3) is 3.61. The summed E-state index contributed by atoms with van der Waals surface area (Å²) in [4.78, 5) is 18.6. The average molecular weight is 358 g/mol. The second-order valence-electron chi connectivity index (χ2n) is 7.68. The second kappa shape index (κ2) is 7.51. The van der Waals surface area contributed by atoms with E-state index in [1.165, 1.54) is 32.1 Å². The lowest BCUT2D eigenvalue weighted by atomic mass is 9.63. The van der Waals surface area contributed by atoms with E-state index in [-0.39, 0.29) is 17.7 Å². The van der Waals surface area contributed by atoms with Crippen LogP contribution in [-0.2, 0) is 17.8 Å². The van der Waals surface area contributed by atoms with Gasteiger partial charge in [0, 0.05) is 19.6 Å². The van der Waals surface area contributed by atoms with Crippen LogP contribution < -0.4 is 0 Å². The van der Waals surface area contributed by atoms with Gasteiger partial charge in [0.25, 0.3) is 0 Å². The minimum Gasteiger partial charge on any atom is -0.342 e. The lowest BCUT2D eigenvalue weighted by Crippen LogP contribution is -2.49. The molecule has 1 saturated carbocycles. The lowest BCUT2D eigenvalue weighted by Gasteiger charge is -2.48. The number of carbonyl (C=O) groups excluding carboxylic acids is 1. The van der Waals surface area contributed by atoms with Crippen molar-refractivity contribution in [3.8, 4) is 0 Å². The van der Waals surface area contributed by atoms with Gasteiger partial charge >= 0.3 is 0 Å². The third-order valence-corrected chi connectivity index (χ3v) is 6.23. The number of piperidine rings is 1. The zero-order valence-corrected chi connectivity index (χ0v) is 15.0. The molecule has 9 heteroatoms. The number of rotatable bonds is 5. The Balaban J connectivity index is 1.43. The highest BCUT2D eigenvalue weighted by atomic mass is 16.2. The Kier molecular flexibility index (Phi) is 4.94. The maximum Gasteiger partial charge on any atom is 0.230 e. The predicted octanol–water partition coefficient (Wildman–Crippen LogP) is 1.22. The number of nitrogens with zero attached hydrogens (tertiary/aromatic N) is 7. The Bertz CT molecular complexity index is 684. The number of hydrogen-bond acceptors (Lipinski definition) is 6. The van der Waals surface area contributed by atoms with Crippen molar-refractivity contribution in [2.24, 2.45) is 11.3 Å². The molecule has 2 aromatic rings. The van der Waals surface area contributed by atoms with Gasteiger partial charge in [-0.25, -0.2) is 4.98 Å². The summed E-state index contributed by atoms with van der Waals surface area (Å²) in [5, 5.41) is 18.1. The molecule has 1 N–H and O–H groups in total. The van der Waals surface area contributed by atoms with E-state index in [4.69, 9.17) is 0 Å². The van der Waals surface area contributed by atoms with E-state index in [2.05, 4.69) is 30.7 Å². The van der Waals surface area contributed by atoms with E-state index in [1.807, 2.05) is 15.9 Å². The van der Waals surface area contributed by atoms with Crippen LogP contribution >= 0.6 is 0 Å². The number of carbonyl (C=O) groups is 1. The topological polar surface area (TPSA) is 105 Å². The summed E-state index contributed by atoms with van der Waals surface area (Å²) in [6.07, 6.45) is 12.3. The van der Waals surface area contributed by atoms with Gasteiger partial charge < -0.3 is 4.90 Å². The van der Waals surface area contributed by atoms with Crippen LogP contribution in [-0.4, -0.2) is 59.3 Å². The summed E-state index contributed by atoms with van der Waals surface area (Å²) in [5.74, 6) is 1.26. The molecule has 0 spiro atoms. The van der Waals surface area contributed by atoms with Gasteiger partial charge in [-0.2, -0.15) is 10.3 Å². The fraction of sp³-hybridized carbons (Fsp3) is 0.765. The smallest absolute Gasteiger partial charge is 0.230 e. The van der Waals surface area contributed by atoms with Crippen LogP contribution in [0.25, 0.3) is 0 Å². The number of tetrazole rings is 1. The van der Waals surface area contributed by atoms with Crippen LogP contribution in [0.15, 0.2) is 12.7 Å². The Morgan fingerprint density at radius 1 is 1.23 bits per heavy atom.